The molecule has 2 saturated carbocycles. The first kappa shape index (κ1) is 45.0. The molecule has 0 aromatic heterocycles. The van der Waals surface area contributed by atoms with E-state index in [0.29, 0.717) is 18.7 Å². The van der Waals surface area contributed by atoms with Gasteiger partial charge >= 0.3 is 0 Å². The summed E-state index contributed by atoms with van der Waals surface area (Å²) in [6.07, 6.45) is 9.99. The number of carbonyl (C=O) groups excluding carboxylic acids is 6. The number of benzene rings is 3. The minimum Gasteiger partial charge on any atom is -0.356 e. The van der Waals surface area contributed by atoms with Crippen molar-refractivity contribution in [3.8, 4) is 0 Å². The van der Waals surface area contributed by atoms with Crippen molar-refractivity contribution in [2.45, 2.75) is 121 Å². The summed E-state index contributed by atoms with van der Waals surface area (Å²) in [6.45, 7) is 5.48. The molecule has 2 aliphatic carbocycles. The van der Waals surface area contributed by atoms with E-state index in [2.05, 4.69) is 64.7 Å². The number of unbranched alkanes of at least 4 members (excludes halogenated alkanes) is 6. The number of hydrogen-bond donors (Lipinski definition) is 5. The van der Waals surface area contributed by atoms with Crippen LogP contribution in [0.3, 0.4) is 0 Å². The summed E-state index contributed by atoms with van der Waals surface area (Å²) in [7, 11) is 0. The zero-order chi connectivity index (χ0) is 43.1. The van der Waals surface area contributed by atoms with Gasteiger partial charge in [-0.1, -0.05) is 113 Å². The van der Waals surface area contributed by atoms with Crippen LogP contribution in [0.25, 0.3) is 0 Å². The van der Waals surface area contributed by atoms with Crippen molar-refractivity contribution in [1.29, 1.82) is 0 Å². The maximum absolute atomic E-state index is 14.0. The van der Waals surface area contributed by atoms with Gasteiger partial charge in [0.15, 0.2) is 0 Å². The van der Waals surface area contributed by atoms with Crippen molar-refractivity contribution < 1.29 is 28.8 Å². The Bertz CT molecular complexity index is 1870. The normalized spacial score (nSPS) is 21.8. The van der Waals surface area contributed by atoms with Gasteiger partial charge < -0.3 is 31.5 Å². The predicted molar refractivity (Wildman–Crippen MR) is 236 cm³/mol. The lowest BCUT2D eigenvalue weighted by Gasteiger charge is -2.19. The van der Waals surface area contributed by atoms with E-state index >= 15 is 0 Å². The number of nitrogens with one attached hydrogen (secondary N) is 5. The second kappa shape index (κ2) is 22.4. The maximum atomic E-state index is 14.0. The molecule has 6 rings (SSSR count). The first-order valence-corrected chi connectivity index (χ1v) is 22.6. The van der Waals surface area contributed by atoms with Crippen molar-refractivity contribution in [3.63, 3.8) is 0 Å². The molecule has 3 aliphatic rings. The third-order valence-electron chi connectivity index (χ3n) is 12.3. The van der Waals surface area contributed by atoms with Gasteiger partial charge in [0.05, 0.1) is 11.8 Å². The summed E-state index contributed by atoms with van der Waals surface area (Å²) in [5.41, 5.74) is 2.89. The molecular weight excluding hydrogens is 769 g/mol. The average molecular weight is 833 g/mol. The predicted octanol–water partition coefficient (Wildman–Crippen LogP) is 5.99. The van der Waals surface area contributed by atoms with Crippen molar-refractivity contribution in [2.24, 2.45) is 11.8 Å². The lowest BCUT2D eigenvalue weighted by atomic mass is 9.94. The highest BCUT2D eigenvalue weighted by molar-refractivity contribution is 6.00. The van der Waals surface area contributed by atoms with Gasteiger partial charge in [-0.3, -0.25) is 28.8 Å². The Morgan fingerprint density at radius 3 is 1.61 bits per heavy atom. The zero-order valence-electron chi connectivity index (χ0n) is 35.8. The Balaban J connectivity index is 1.07. The Kier molecular flexibility index (Phi) is 16.5. The van der Waals surface area contributed by atoms with Crippen LogP contribution >= 0.6 is 0 Å². The van der Waals surface area contributed by atoms with Gasteiger partial charge in [0.25, 0.3) is 11.8 Å². The highest BCUT2D eigenvalue weighted by atomic mass is 16.2. The zero-order valence-corrected chi connectivity index (χ0v) is 35.8. The molecule has 5 N–H and O–H groups in total. The van der Waals surface area contributed by atoms with E-state index in [0.717, 1.165) is 75.3 Å². The molecule has 0 bridgehead atoms. The smallest absolute Gasteiger partial charge is 0.253 e. The molecule has 1 heterocycles. The summed E-state index contributed by atoms with van der Waals surface area (Å²) < 4.78 is 0. The number of carbonyl (C=O) groups is 6. The molecule has 0 spiro atoms. The second-order valence-corrected chi connectivity index (χ2v) is 17.1. The van der Waals surface area contributed by atoms with Crippen LogP contribution in [-0.4, -0.2) is 84.6 Å². The fourth-order valence-electron chi connectivity index (χ4n) is 8.41. The monoisotopic (exact) mass is 832 g/mol. The van der Waals surface area contributed by atoms with Gasteiger partial charge in [-0.05, 0) is 67.5 Å². The summed E-state index contributed by atoms with van der Waals surface area (Å²) in [4.78, 5) is 82.7. The molecule has 3 aromatic rings. The van der Waals surface area contributed by atoms with E-state index in [-0.39, 0.29) is 84.9 Å². The molecule has 61 heavy (non-hydrogen) atoms. The number of hydrogen-bond acceptors (Lipinski definition) is 6. The SMILES string of the molecule is CCCCCCNC(=O)CC[C@H](NC(=O)c1ccc(C(=O)N2C[C@@H](C(=O)N[C@H]3C[C@@H]3c3ccccc3)[C@H](C(=O)N[C@H]3C[C@@H]3c3ccccc3)C2)cc1)C(=O)NCCCCCC. The van der Waals surface area contributed by atoms with E-state index in [9.17, 15) is 28.8 Å². The average Bonchev–Trinajstić information content (AvgIpc) is 4.19. The molecule has 7 atom stereocenters. The quantitative estimate of drug-likeness (QED) is 0.0737. The topological polar surface area (TPSA) is 166 Å². The van der Waals surface area contributed by atoms with Crippen LogP contribution < -0.4 is 26.6 Å². The second-order valence-electron chi connectivity index (χ2n) is 17.1. The molecule has 3 aromatic carbocycles. The highest BCUT2D eigenvalue weighted by Gasteiger charge is 2.49. The maximum Gasteiger partial charge on any atom is 0.253 e. The molecule has 0 unspecified atom stereocenters. The van der Waals surface area contributed by atoms with E-state index < -0.39 is 23.8 Å². The highest BCUT2D eigenvalue weighted by Crippen LogP contribution is 2.42. The van der Waals surface area contributed by atoms with Gasteiger partial charge in [-0.15, -0.1) is 0 Å². The van der Waals surface area contributed by atoms with Crippen LogP contribution in [0.4, 0.5) is 0 Å². The van der Waals surface area contributed by atoms with Crippen LogP contribution in [-0.2, 0) is 19.2 Å². The van der Waals surface area contributed by atoms with Gasteiger partial charge in [-0.2, -0.15) is 0 Å². The lowest BCUT2D eigenvalue weighted by Crippen LogP contribution is -2.47. The lowest BCUT2D eigenvalue weighted by molar-refractivity contribution is -0.133. The van der Waals surface area contributed by atoms with Crippen molar-refractivity contribution in [2.75, 3.05) is 26.2 Å². The third kappa shape index (κ3) is 13.0. The standard InChI is InChI=1S/C49H64N6O6/c1-3-5-7-15-27-50-44(56)26-25-41(48(60)51-28-16-8-6-4-2)52-45(57)35-21-23-36(24-22-35)49(61)55-31-39(46(58)53-42-29-37(42)33-17-11-9-12-18-33)40(32-55)47(59)54-43-30-38(43)34-19-13-10-14-20-34/h9-14,17-24,37-43H,3-8,15-16,25-32H2,1-2H3,(H,50,56)(H,51,60)(H,52,57)(H,53,58)(H,54,59)/t37-,38-,39-,40-,41+,42+,43+/m1/s1. The number of amides is 6. The van der Waals surface area contributed by atoms with E-state index in [1.165, 1.54) is 12.1 Å². The van der Waals surface area contributed by atoms with Gasteiger partial charge in [-0.25, -0.2) is 0 Å². The molecule has 1 saturated heterocycles. The first-order chi connectivity index (χ1) is 29.7. The summed E-state index contributed by atoms with van der Waals surface area (Å²) >= 11 is 0. The first-order valence-electron chi connectivity index (χ1n) is 22.6. The number of rotatable bonds is 23. The van der Waals surface area contributed by atoms with E-state index in [1.807, 2.05) is 36.4 Å². The van der Waals surface area contributed by atoms with E-state index in [4.69, 9.17) is 0 Å². The molecule has 3 fully saturated rings. The molecule has 0 radical (unpaired) electrons. The molecular formula is C49H64N6O6. The van der Waals surface area contributed by atoms with Gasteiger partial charge in [0.1, 0.15) is 6.04 Å². The van der Waals surface area contributed by atoms with Crippen molar-refractivity contribution in [3.05, 3.63) is 107 Å². The summed E-state index contributed by atoms with van der Waals surface area (Å²) in [5, 5.41) is 15.0. The van der Waals surface area contributed by atoms with Gasteiger partial charge in [0, 0.05) is 67.6 Å². The van der Waals surface area contributed by atoms with Gasteiger partial charge in [0.2, 0.25) is 23.6 Å². The summed E-state index contributed by atoms with van der Waals surface area (Å²) in [6, 6.07) is 25.3. The number of likely N-dealkylation sites (tertiary alicyclic amines) is 1. The van der Waals surface area contributed by atoms with Crippen molar-refractivity contribution >= 4 is 35.4 Å². The molecule has 326 valence electrons. The Morgan fingerprint density at radius 2 is 1.10 bits per heavy atom. The fourth-order valence-corrected chi connectivity index (χ4v) is 8.41. The molecule has 12 heteroatoms. The molecule has 12 nitrogen and oxygen atoms in total. The Morgan fingerprint density at radius 1 is 0.607 bits per heavy atom. The van der Waals surface area contributed by atoms with Crippen LogP contribution in [0.1, 0.15) is 135 Å². The van der Waals surface area contributed by atoms with Crippen LogP contribution in [0.15, 0.2) is 84.9 Å². The third-order valence-corrected chi connectivity index (χ3v) is 12.3. The largest absolute Gasteiger partial charge is 0.356 e. The Hall–Kier alpha value is -5.52. The fraction of sp³-hybridized carbons (Fsp3) is 0.510. The minimum absolute atomic E-state index is 0.0260. The van der Waals surface area contributed by atoms with Crippen molar-refractivity contribution in [1.82, 2.24) is 31.5 Å². The van der Waals surface area contributed by atoms with Crippen LogP contribution in [0.2, 0.25) is 0 Å². The molecule has 1 aliphatic heterocycles. The molecule has 6 amide bonds. The Labute approximate surface area is 360 Å². The number of nitrogens with zero attached hydrogens (tertiary/aromatic N) is 1. The minimum atomic E-state index is -0.918. The van der Waals surface area contributed by atoms with E-state index in [1.54, 1.807) is 17.0 Å². The van der Waals surface area contributed by atoms with Crippen LogP contribution in [0.5, 0.6) is 0 Å². The van der Waals surface area contributed by atoms with Crippen LogP contribution in [0, 0.1) is 11.8 Å². The summed E-state index contributed by atoms with van der Waals surface area (Å²) in [5.74, 6) is -2.82.